The maximum absolute atomic E-state index is 13.1. The van der Waals surface area contributed by atoms with Crippen molar-refractivity contribution in [3.63, 3.8) is 0 Å². The number of hydrogen-bond acceptors (Lipinski definition) is 15. The second-order valence-electron chi connectivity index (χ2n) is 29.4. The molecule has 0 aliphatic carbocycles. The summed E-state index contributed by atoms with van der Waals surface area (Å²) in [6.45, 7) is 11.9. The van der Waals surface area contributed by atoms with Gasteiger partial charge in [0.1, 0.15) is 19.3 Å². The molecule has 0 rings (SSSR count). The summed E-state index contributed by atoms with van der Waals surface area (Å²) in [5.41, 5.74) is 0. The third-order valence-electron chi connectivity index (χ3n) is 19.1. The molecular formula is C79H154O17P2. The van der Waals surface area contributed by atoms with Gasteiger partial charge in [0.25, 0.3) is 0 Å². The largest absolute Gasteiger partial charge is 0.472 e. The number of carbonyl (C=O) groups is 4. The Hall–Kier alpha value is -1.94. The number of rotatable bonds is 77. The number of aliphatic hydroxyl groups excluding tert-OH is 1. The molecule has 98 heavy (non-hydrogen) atoms. The highest BCUT2D eigenvalue weighted by atomic mass is 31.2. The Morgan fingerprint density at radius 2 is 0.520 bits per heavy atom. The zero-order valence-corrected chi connectivity index (χ0v) is 66.0. The van der Waals surface area contributed by atoms with Crippen LogP contribution in [0.2, 0.25) is 0 Å². The molecule has 4 unspecified atom stereocenters. The third-order valence-corrected chi connectivity index (χ3v) is 21.0. The van der Waals surface area contributed by atoms with Crippen LogP contribution in [0.4, 0.5) is 0 Å². The molecule has 0 radical (unpaired) electrons. The number of phosphoric acid groups is 2. The fraction of sp³-hybridized carbons (Fsp3) is 0.949. The molecule has 582 valence electrons. The minimum absolute atomic E-state index is 0.102. The Labute approximate surface area is 600 Å². The quantitative estimate of drug-likeness (QED) is 0.0222. The van der Waals surface area contributed by atoms with Gasteiger partial charge in [-0.25, -0.2) is 9.13 Å². The van der Waals surface area contributed by atoms with Gasteiger partial charge in [0.15, 0.2) is 12.2 Å². The Morgan fingerprint density at radius 1 is 0.296 bits per heavy atom. The average Bonchev–Trinajstić information content (AvgIpc) is 1.01. The summed E-state index contributed by atoms with van der Waals surface area (Å²) in [4.78, 5) is 72.9. The SMILES string of the molecule is CCCCCCCCCCCCCCCCCCCCCCC(=O)O[C@H](COC(=O)CCCCCCCCCCCCCCCCCC(C)C)COP(=O)(O)OC[C@@H](O)COP(=O)(O)OC[C@@H](COC(=O)CCCCCCCCC(C)CC)OC(=O)CCCCCCCCC(C)CC. The average molecular weight is 1440 g/mol. The summed E-state index contributed by atoms with van der Waals surface area (Å²) in [5, 5.41) is 10.6. The van der Waals surface area contributed by atoms with Gasteiger partial charge in [-0.3, -0.25) is 37.3 Å². The van der Waals surface area contributed by atoms with E-state index in [1.807, 2.05) is 0 Å². The molecule has 0 heterocycles. The van der Waals surface area contributed by atoms with Crippen molar-refractivity contribution in [2.75, 3.05) is 39.6 Å². The van der Waals surface area contributed by atoms with Gasteiger partial charge < -0.3 is 33.8 Å². The molecule has 17 nitrogen and oxygen atoms in total. The first-order valence-corrected chi connectivity index (χ1v) is 43.9. The van der Waals surface area contributed by atoms with E-state index >= 15 is 0 Å². The Balaban J connectivity index is 5.21. The molecule has 0 saturated heterocycles. The van der Waals surface area contributed by atoms with Crippen LogP contribution >= 0.6 is 15.6 Å². The highest BCUT2D eigenvalue weighted by molar-refractivity contribution is 7.47. The van der Waals surface area contributed by atoms with Crippen molar-refractivity contribution in [3.8, 4) is 0 Å². The lowest BCUT2D eigenvalue weighted by molar-refractivity contribution is -0.161. The molecule has 0 amide bonds. The molecule has 3 N–H and O–H groups in total. The first-order chi connectivity index (χ1) is 47.3. The van der Waals surface area contributed by atoms with Gasteiger partial charge in [0.2, 0.25) is 0 Å². The number of esters is 4. The molecule has 0 aliphatic rings. The minimum Gasteiger partial charge on any atom is -0.462 e. The van der Waals surface area contributed by atoms with Gasteiger partial charge in [-0.2, -0.15) is 0 Å². The molecule has 0 saturated carbocycles. The molecular weight excluding hydrogens is 1280 g/mol. The minimum atomic E-state index is -4.96. The predicted octanol–water partition coefficient (Wildman–Crippen LogP) is 23.4. The van der Waals surface area contributed by atoms with Crippen molar-refractivity contribution < 1.29 is 80.2 Å². The molecule has 0 aliphatic heterocycles. The van der Waals surface area contributed by atoms with Gasteiger partial charge in [-0.1, -0.05) is 357 Å². The molecule has 0 aromatic rings. The fourth-order valence-electron chi connectivity index (χ4n) is 12.1. The molecule has 0 aromatic carbocycles. The van der Waals surface area contributed by atoms with E-state index in [4.69, 9.17) is 37.0 Å². The second kappa shape index (κ2) is 69.4. The Kier molecular flexibility index (Phi) is 68.1. The van der Waals surface area contributed by atoms with Crippen LogP contribution in [0.3, 0.4) is 0 Å². The second-order valence-corrected chi connectivity index (χ2v) is 32.3. The van der Waals surface area contributed by atoms with Crippen LogP contribution in [0, 0.1) is 17.8 Å². The van der Waals surface area contributed by atoms with Crippen LogP contribution in [0.25, 0.3) is 0 Å². The van der Waals surface area contributed by atoms with E-state index in [9.17, 15) is 43.2 Å². The summed E-state index contributed by atoms with van der Waals surface area (Å²) < 4.78 is 68.6. The first-order valence-electron chi connectivity index (χ1n) is 40.9. The summed E-state index contributed by atoms with van der Waals surface area (Å²) in [5.74, 6) is 0.138. The fourth-order valence-corrected chi connectivity index (χ4v) is 13.6. The zero-order chi connectivity index (χ0) is 72.3. The third kappa shape index (κ3) is 69.8. The highest BCUT2D eigenvalue weighted by Gasteiger charge is 2.30. The van der Waals surface area contributed by atoms with E-state index in [0.29, 0.717) is 25.7 Å². The number of phosphoric ester groups is 2. The Morgan fingerprint density at radius 3 is 0.776 bits per heavy atom. The maximum Gasteiger partial charge on any atom is 0.472 e. The van der Waals surface area contributed by atoms with Gasteiger partial charge in [-0.05, 0) is 43.4 Å². The van der Waals surface area contributed by atoms with Gasteiger partial charge >= 0.3 is 39.5 Å². The summed E-state index contributed by atoms with van der Waals surface area (Å²) in [6.07, 6.45) is 57.1. The lowest BCUT2D eigenvalue weighted by Crippen LogP contribution is -2.30. The van der Waals surface area contributed by atoms with Crippen LogP contribution in [-0.4, -0.2) is 96.7 Å². The first kappa shape index (κ1) is 96.1. The van der Waals surface area contributed by atoms with Crippen molar-refractivity contribution in [2.24, 2.45) is 17.8 Å². The van der Waals surface area contributed by atoms with E-state index in [-0.39, 0.29) is 25.7 Å². The van der Waals surface area contributed by atoms with Gasteiger partial charge in [0, 0.05) is 25.7 Å². The normalized spacial score (nSPS) is 14.6. The molecule has 0 fully saturated rings. The monoisotopic (exact) mass is 1440 g/mol. The smallest absolute Gasteiger partial charge is 0.462 e. The number of ether oxygens (including phenoxy) is 4. The maximum atomic E-state index is 13.1. The van der Waals surface area contributed by atoms with Gasteiger partial charge in [0.05, 0.1) is 26.4 Å². The highest BCUT2D eigenvalue weighted by Crippen LogP contribution is 2.45. The lowest BCUT2D eigenvalue weighted by atomic mass is 10.00. The topological polar surface area (TPSA) is 237 Å². The van der Waals surface area contributed by atoms with Crippen molar-refractivity contribution in [1.82, 2.24) is 0 Å². The molecule has 0 spiro atoms. The van der Waals surface area contributed by atoms with E-state index in [0.717, 1.165) is 114 Å². The van der Waals surface area contributed by atoms with Crippen LogP contribution in [0.15, 0.2) is 0 Å². The van der Waals surface area contributed by atoms with Crippen LogP contribution in [-0.2, 0) is 65.4 Å². The van der Waals surface area contributed by atoms with Crippen molar-refractivity contribution in [1.29, 1.82) is 0 Å². The van der Waals surface area contributed by atoms with Crippen LogP contribution < -0.4 is 0 Å². The molecule has 7 atom stereocenters. The van der Waals surface area contributed by atoms with Crippen molar-refractivity contribution in [2.45, 2.75) is 426 Å². The van der Waals surface area contributed by atoms with E-state index < -0.39 is 97.5 Å². The number of hydrogen-bond donors (Lipinski definition) is 3. The predicted molar refractivity (Wildman–Crippen MR) is 400 cm³/mol. The number of carbonyl (C=O) groups excluding carboxylic acids is 4. The van der Waals surface area contributed by atoms with E-state index in [1.165, 1.54) is 212 Å². The zero-order valence-electron chi connectivity index (χ0n) is 64.3. The van der Waals surface area contributed by atoms with Crippen molar-refractivity contribution >= 4 is 39.5 Å². The van der Waals surface area contributed by atoms with E-state index in [2.05, 4.69) is 48.5 Å². The molecule has 19 heteroatoms. The number of aliphatic hydroxyl groups is 1. The van der Waals surface area contributed by atoms with Crippen LogP contribution in [0.5, 0.6) is 0 Å². The molecule has 0 bridgehead atoms. The Bertz CT molecular complexity index is 1910. The van der Waals surface area contributed by atoms with E-state index in [1.54, 1.807) is 0 Å². The van der Waals surface area contributed by atoms with Crippen molar-refractivity contribution in [3.05, 3.63) is 0 Å². The summed E-state index contributed by atoms with van der Waals surface area (Å²) >= 11 is 0. The van der Waals surface area contributed by atoms with Crippen LogP contribution in [0.1, 0.15) is 408 Å². The lowest BCUT2D eigenvalue weighted by Gasteiger charge is -2.21. The van der Waals surface area contributed by atoms with Gasteiger partial charge in [-0.15, -0.1) is 0 Å². The summed E-state index contributed by atoms with van der Waals surface area (Å²) in [6, 6.07) is 0. The summed E-state index contributed by atoms with van der Waals surface area (Å²) in [7, 11) is -9.92. The standard InChI is InChI=1S/C79H154O17P2/c1-8-11-12-13-14-15-16-17-18-19-20-21-22-25-29-32-35-38-48-55-62-78(83)95-74(66-89-76(81)60-53-46-37-34-31-28-26-23-24-27-30-33-36-43-50-57-70(4)5)68-93-97(85,86)91-64-73(80)65-92-98(87,88)94-69-75(96-79(84)63-56-49-42-40-45-52-59-72(7)10-3)67-90-77(82)61-54-47-41-39-44-51-58-71(6)9-2/h70-75,80H,8-69H2,1-7H3,(H,85,86)(H,87,88)/t71?,72?,73-,74-,75-/m1/s1. The number of unbranched alkanes of at least 4 members (excludes halogenated alkanes) is 43. The molecule has 0 aromatic heterocycles.